The molecular formula is C13H15NO4. The summed E-state index contributed by atoms with van der Waals surface area (Å²) in [7, 11) is 1.60. The fourth-order valence-electron chi connectivity index (χ4n) is 1.79. The molecule has 1 aliphatic heterocycles. The van der Waals surface area contributed by atoms with E-state index in [4.69, 9.17) is 14.2 Å². The lowest BCUT2D eigenvalue weighted by molar-refractivity contribution is -0.146. The molecule has 2 atom stereocenters. The van der Waals surface area contributed by atoms with E-state index in [9.17, 15) is 4.79 Å². The molecular weight excluding hydrogens is 234 g/mol. The van der Waals surface area contributed by atoms with Gasteiger partial charge in [-0.15, -0.1) is 0 Å². The predicted molar refractivity (Wildman–Crippen MR) is 65.7 cm³/mol. The maximum Gasteiger partial charge on any atom is 0.335 e. The number of benzene rings is 1. The fourth-order valence-corrected chi connectivity index (χ4v) is 1.79. The Kier molecular flexibility index (Phi) is 3.82. The van der Waals surface area contributed by atoms with Crippen LogP contribution in [0.1, 0.15) is 18.6 Å². The minimum Gasteiger partial charge on any atom is -0.497 e. The maximum absolute atomic E-state index is 11.7. The quantitative estimate of drug-likeness (QED) is 0.762. The van der Waals surface area contributed by atoms with Gasteiger partial charge in [0.05, 0.1) is 13.7 Å². The van der Waals surface area contributed by atoms with Gasteiger partial charge in [0.2, 0.25) is 0 Å². The molecule has 0 N–H and O–H groups in total. The highest BCUT2D eigenvalue weighted by atomic mass is 16.5. The van der Waals surface area contributed by atoms with Crippen LogP contribution in [0.4, 0.5) is 0 Å². The van der Waals surface area contributed by atoms with Crippen molar-refractivity contribution < 1.29 is 19.0 Å². The number of carbonyl (C=O) groups is 1. The van der Waals surface area contributed by atoms with E-state index in [2.05, 4.69) is 4.99 Å². The predicted octanol–water partition coefficient (Wildman–Crippen LogP) is 1.73. The zero-order valence-electron chi connectivity index (χ0n) is 10.3. The lowest BCUT2D eigenvalue weighted by atomic mass is 10.0. The topological polar surface area (TPSA) is 57.1 Å². The van der Waals surface area contributed by atoms with Crippen LogP contribution < -0.4 is 4.74 Å². The van der Waals surface area contributed by atoms with Crippen molar-refractivity contribution in [3.8, 4) is 5.75 Å². The van der Waals surface area contributed by atoms with Crippen molar-refractivity contribution in [2.75, 3.05) is 13.7 Å². The number of carbonyl (C=O) groups excluding carboxylic acids is 1. The van der Waals surface area contributed by atoms with Gasteiger partial charge in [-0.3, -0.25) is 0 Å². The fraction of sp³-hybridized carbons (Fsp3) is 0.385. The highest BCUT2D eigenvalue weighted by Crippen LogP contribution is 2.28. The Morgan fingerprint density at radius 1 is 1.39 bits per heavy atom. The Hall–Kier alpha value is -2.04. The first-order valence-electron chi connectivity index (χ1n) is 5.74. The Morgan fingerprint density at radius 3 is 2.72 bits per heavy atom. The van der Waals surface area contributed by atoms with Gasteiger partial charge in [0.25, 0.3) is 0 Å². The third-order valence-corrected chi connectivity index (χ3v) is 2.69. The van der Waals surface area contributed by atoms with Crippen LogP contribution in [0.5, 0.6) is 5.75 Å². The lowest BCUT2D eigenvalue weighted by Crippen LogP contribution is -2.26. The summed E-state index contributed by atoms with van der Waals surface area (Å²) in [6.45, 7) is 2.10. The molecule has 1 heterocycles. The van der Waals surface area contributed by atoms with E-state index in [-0.39, 0.29) is 5.97 Å². The van der Waals surface area contributed by atoms with Gasteiger partial charge in [-0.1, -0.05) is 12.1 Å². The third-order valence-electron chi connectivity index (χ3n) is 2.69. The first-order chi connectivity index (χ1) is 8.76. The van der Waals surface area contributed by atoms with Crippen LogP contribution in [0.25, 0.3) is 0 Å². The minimum absolute atomic E-state index is 0.334. The van der Waals surface area contributed by atoms with Gasteiger partial charge in [-0.25, -0.2) is 9.79 Å². The minimum atomic E-state index is -0.627. The van der Waals surface area contributed by atoms with Gasteiger partial charge in [-0.05, 0) is 24.6 Å². The monoisotopic (exact) mass is 249 g/mol. The van der Waals surface area contributed by atoms with E-state index in [1.807, 2.05) is 24.3 Å². The van der Waals surface area contributed by atoms with Crippen molar-refractivity contribution in [2.45, 2.75) is 19.1 Å². The van der Waals surface area contributed by atoms with Gasteiger partial charge in [-0.2, -0.15) is 0 Å². The van der Waals surface area contributed by atoms with Gasteiger partial charge in [0, 0.05) is 0 Å². The maximum atomic E-state index is 11.7. The van der Waals surface area contributed by atoms with Crippen molar-refractivity contribution >= 4 is 12.4 Å². The molecule has 5 nitrogen and oxygen atoms in total. The molecule has 5 heteroatoms. The number of rotatable bonds is 4. The number of ether oxygens (including phenoxy) is 3. The van der Waals surface area contributed by atoms with Crippen LogP contribution in [-0.2, 0) is 14.3 Å². The second-order valence-electron chi connectivity index (χ2n) is 3.78. The van der Waals surface area contributed by atoms with Crippen molar-refractivity contribution in [1.29, 1.82) is 0 Å². The highest BCUT2D eigenvalue weighted by molar-refractivity contribution is 5.80. The van der Waals surface area contributed by atoms with Crippen molar-refractivity contribution in [3.63, 3.8) is 0 Å². The number of methoxy groups -OCH3 is 1. The van der Waals surface area contributed by atoms with Crippen molar-refractivity contribution in [1.82, 2.24) is 0 Å². The average Bonchev–Trinajstić information content (AvgIpc) is 2.88. The molecule has 0 spiro atoms. The number of esters is 1. The van der Waals surface area contributed by atoms with Gasteiger partial charge in [0.15, 0.2) is 18.5 Å². The van der Waals surface area contributed by atoms with Crippen molar-refractivity contribution in [3.05, 3.63) is 29.8 Å². The summed E-state index contributed by atoms with van der Waals surface area (Å²) in [5, 5.41) is 0. The summed E-state index contributed by atoms with van der Waals surface area (Å²) in [6, 6.07) is 6.71. The first kappa shape index (κ1) is 12.4. The van der Waals surface area contributed by atoms with E-state index >= 15 is 0 Å². The molecule has 96 valence electrons. The summed E-state index contributed by atoms with van der Waals surface area (Å²) in [5.41, 5.74) is 0.867. The molecule has 0 amide bonds. The molecule has 1 aromatic carbocycles. The van der Waals surface area contributed by atoms with E-state index in [0.717, 1.165) is 11.3 Å². The molecule has 0 aromatic heterocycles. The van der Waals surface area contributed by atoms with Crippen molar-refractivity contribution in [2.24, 2.45) is 4.99 Å². The van der Waals surface area contributed by atoms with E-state index in [1.54, 1.807) is 14.0 Å². The highest BCUT2D eigenvalue weighted by Gasteiger charge is 2.35. The lowest BCUT2D eigenvalue weighted by Gasteiger charge is -2.16. The summed E-state index contributed by atoms with van der Waals surface area (Å²) in [5.74, 6) is 0.386. The molecule has 1 aromatic rings. The molecule has 18 heavy (non-hydrogen) atoms. The number of hydrogen-bond acceptors (Lipinski definition) is 5. The molecule has 0 saturated heterocycles. The van der Waals surface area contributed by atoms with E-state index in [0.29, 0.717) is 6.61 Å². The van der Waals surface area contributed by atoms with Gasteiger partial charge < -0.3 is 14.2 Å². The summed E-state index contributed by atoms with van der Waals surface area (Å²) in [6.07, 6.45) is 0.881. The van der Waals surface area contributed by atoms with Crippen LogP contribution in [0.3, 0.4) is 0 Å². The summed E-state index contributed by atoms with van der Waals surface area (Å²) < 4.78 is 15.4. The zero-order valence-corrected chi connectivity index (χ0v) is 10.3. The molecule has 1 aliphatic rings. The Bertz CT molecular complexity index is 441. The molecule has 0 saturated carbocycles. The standard InChI is InChI=1S/C13H15NO4/c1-3-17-13(15)11-12(18-8-14-11)9-4-6-10(16-2)7-5-9/h4-8,11-12H,3H2,1-2H3. The second kappa shape index (κ2) is 5.53. The van der Waals surface area contributed by atoms with Crippen LogP contribution in [0.2, 0.25) is 0 Å². The Morgan fingerprint density at radius 2 is 2.11 bits per heavy atom. The zero-order chi connectivity index (χ0) is 13.0. The Labute approximate surface area is 105 Å². The van der Waals surface area contributed by atoms with Crippen LogP contribution >= 0.6 is 0 Å². The summed E-state index contributed by atoms with van der Waals surface area (Å²) >= 11 is 0. The number of hydrogen-bond donors (Lipinski definition) is 0. The first-order valence-corrected chi connectivity index (χ1v) is 5.74. The molecule has 2 unspecified atom stereocenters. The van der Waals surface area contributed by atoms with Gasteiger partial charge in [0.1, 0.15) is 5.75 Å². The van der Waals surface area contributed by atoms with Crippen LogP contribution in [0, 0.1) is 0 Å². The molecule has 0 radical (unpaired) electrons. The van der Waals surface area contributed by atoms with Crippen LogP contribution in [-0.4, -0.2) is 32.1 Å². The van der Waals surface area contributed by atoms with Crippen LogP contribution in [0.15, 0.2) is 29.3 Å². The number of aliphatic imine (C=N–C) groups is 1. The SMILES string of the molecule is CCOC(=O)C1N=COC1c1ccc(OC)cc1. The average molecular weight is 249 g/mol. The molecule has 2 rings (SSSR count). The smallest absolute Gasteiger partial charge is 0.335 e. The largest absolute Gasteiger partial charge is 0.497 e. The summed E-state index contributed by atoms with van der Waals surface area (Å²) in [4.78, 5) is 15.7. The molecule has 0 fully saturated rings. The third kappa shape index (κ3) is 2.45. The molecule has 0 bridgehead atoms. The number of nitrogens with zero attached hydrogens (tertiary/aromatic N) is 1. The van der Waals surface area contributed by atoms with E-state index < -0.39 is 12.1 Å². The Balaban J connectivity index is 2.14. The van der Waals surface area contributed by atoms with E-state index in [1.165, 1.54) is 6.40 Å². The normalized spacial score (nSPS) is 21.4. The second-order valence-corrected chi connectivity index (χ2v) is 3.78. The molecule has 0 aliphatic carbocycles. The van der Waals surface area contributed by atoms with Gasteiger partial charge >= 0.3 is 5.97 Å².